The Morgan fingerprint density at radius 2 is 2.50 bits per heavy atom. The molecule has 2 rings (SSSR count). The topological polar surface area (TPSA) is 96.7 Å². The summed E-state index contributed by atoms with van der Waals surface area (Å²) in [6.07, 6.45) is 1.39. The SMILES string of the molecule is Cc1cc(C(=O)Nc2cn[nH]n2)no1. The molecule has 2 aromatic heterocycles. The number of anilines is 1. The van der Waals surface area contributed by atoms with Crippen LogP contribution in [0.3, 0.4) is 0 Å². The molecule has 2 heterocycles. The zero-order valence-corrected chi connectivity index (χ0v) is 7.31. The van der Waals surface area contributed by atoms with Gasteiger partial charge >= 0.3 is 0 Å². The second-order valence-corrected chi connectivity index (χ2v) is 2.63. The van der Waals surface area contributed by atoms with Gasteiger partial charge in [-0.25, -0.2) is 0 Å². The maximum absolute atomic E-state index is 11.4. The molecule has 7 nitrogen and oxygen atoms in total. The van der Waals surface area contributed by atoms with Crippen molar-refractivity contribution in [2.45, 2.75) is 6.92 Å². The van der Waals surface area contributed by atoms with Crippen molar-refractivity contribution in [2.24, 2.45) is 0 Å². The van der Waals surface area contributed by atoms with Crippen LogP contribution in [-0.2, 0) is 0 Å². The molecule has 0 aliphatic carbocycles. The molecule has 0 aromatic carbocycles. The lowest BCUT2D eigenvalue weighted by atomic mass is 10.3. The number of nitrogens with zero attached hydrogens (tertiary/aromatic N) is 3. The van der Waals surface area contributed by atoms with E-state index in [0.717, 1.165) is 0 Å². The van der Waals surface area contributed by atoms with Gasteiger partial charge in [0.05, 0.1) is 6.20 Å². The molecule has 72 valence electrons. The van der Waals surface area contributed by atoms with E-state index in [9.17, 15) is 4.79 Å². The van der Waals surface area contributed by atoms with Gasteiger partial charge in [0.2, 0.25) is 0 Å². The van der Waals surface area contributed by atoms with Crippen molar-refractivity contribution in [3.05, 3.63) is 23.7 Å². The summed E-state index contributed by atoms with van der Waals surface area (Å²) in [6, 6.07) is 1.54. The maximum atomic E-state index is 11.4. The van der Waals surface area contributed by atoms with Crippen LogP contribution in [0.4, 0.5) is 5.82 Å². The summed E-state index contributed by atoms with van der Waals surface area (Å²) in [5, 5.41) is 15.6. The Hall–Kier alpha value is -2.18. The van der Waals surface area contributed by atoms with Gasteiger partial charge in [0, 0.05) is 6.07 Å². The Morgan fingerprint density at radius 1 is 1.64 bits per heavy atom. The molecule has 0 atom stereocenters. The van der Waals surface area contributed by atoms with Crippen LogP contribution in [-0.4, -0.2) is 26.5 Å². The van der Waals surface area contributed by atoms with E-state index < -0.39 is 0 Å². The van der Waals surface area contributed by atoms with Crippen LogP contribution >= 0.6 is 0 Å². The van der Waals surface area contributed by atoms with Crippen LogP contribution in [0, 0.1) is 6.92 Å². The van der Waals surface area contributed by atoms with Crippen molar-refractivity contribution in [1.29, 1.82) is 0 Å². The van der Waals surface area contributed by atoms with Gasteiger partial charge in [-0.1, -0.05) is 5.16 Å². The van der Waals surface area contributed by atoms with E-state index in [2.05, 4.69) is 25.9 Å². The molecule has 7 heteroatoms. The minimum Gasteiger partial charge on any atom is -0.361 e. The zero-order valence-electron chi connectivity index (χ0n) is 7.31. The minimum atomic E-state index is -0.379. The molecule has 0 unspecified atom stereocenters. The van der Waals surface area contributed by atoms with Crippen molar-refractivity contribution in [3.8, 4) is 0 Å². The summed E-state index contributed by atoms with van der Waals surface area (Å²) in [7, 11) is 0. The number of aryl methyl sites for hydroxylation is 1. The van der Waals surface area contributed by atoms with Crippen molar-refractivity contribution < 1.29 is 9.32 Å². The standard InChI is InChI=1S/C7H7N5O2/c1-4-2-5(11-14-4)7(13)9-6-3-8-12-10-6/h2-3H,1H3,(H2,8,9,10,12,13). The smallest absolute Gasteiger partial charge is 0.279 e. The fourth-order valence-corrected chi connectivity index (χ4v) is 0.916. The normalized spacial score (nSPS) is 10.1. The molecule has 0 aliphatic heterocycles. The third-order valence-corrected chi connectivity index (χ3v) is 1.52. The highest BCUT2D eigenvalue weighted by Crippen LogP contribution is 2.04. The van der Waals surface area contributed by atoms with Crippen LogP contribution < -0.4 is 5.32 Å². The lowest BCUT2D eigenvalue weighted by molar-refractivity contribution is 0.101. The largest absolute Gasteiger partial charge is 0.361 e. The number of amides is 1. The third kappa shape index (κ3) is 1.60. The number of hydrogen-bond acceptors (Lipinski definition) is 5. The lowest BCUT2D eigenvalue weighted by Gasteiger charge is -1.94. The van der Waals surface area contributed by atoms with Gasteiger partial charge in [-0.05, 0) is 6.92 Å². The molecule has 1 amide bonds. The van der Waals surface area contributed by atoms with Gasteiger partial charge in [0.1, 0.15) is 5.76 Å². The molecule has 0 spiro atoms. The van der Waals surface area contributed by atoms with Crippen LogP contribution in [0.1, 0.15) is 16.2 Å². The van der Waals surface area contributed by atoms with Gasteiger partial charge in [0.25, 0.3) is 5.91 Å². The number of rotatable bonds is 2. The molecule has 2 aromatic rings. The Bertz CT molecular complexity index is 433. The molecule has 0 aliphatic rings. The predicted molar refractivity (Wildman–Crippen MR) is 45.6 cm³/mol. The van der Waals surface area contributed by atoms with Gasteiger partial charge in [-0.3, -0.25) is 4.79 Å². The summed E-state index contributed by atoms with van der Waals surface area (Å²) in [6.45, 7) is 1.71. The molecular weight excluding hydrogens is 186 g/mol. The van der Waals surface area contributed by atoms with Gasteiger partial charge < -0.3 is 9.84 Å². The van der Waals surface area contributed by atoms with Gasteiger partial charge in [0.15, 0.2) is 11.5 Å². The maximum Gasteiger partial charge on any atom is 0.279 e. The molecule has 14 heavy (non-hydrogen) atoms. The molecule has 0 radical (unpaired) electrons. The second-order valence-electron chi connectivity index (χ2n) is 2.63. The minimum absolute atomic E-state index is 0.213. The molecule has 0 fully saturated rings. The first kappa shape index (κ1) is 8.42. The van der Waals surface area contributed by atoms with Gasteiger partial charge in [-0.2, -0.15) is 10.3 Å². The number of hydrogen-bond donors (Lipinski definition) is 2. The van der Waals surface area contributed by atoms with E-state index in [1.807, 2.05) is 0 Å². The van der Waals surface area contributed by atoms with Crippen LogP contribution in [0.15, 0.2) is 16.8 Å². The Kier molecular flexibility index (Phi) is 1.98. The highest BCUT2D eigenvalue weighted by molar-refractivity contribution is 6.02. The fourth-order valence-electron chi connectivity index (χ4n) is 0.916. The fraction of sp³-hybridized carbons (Fsp3) is 0.143. The van der Waals surface area contributed by atoms with Crippen LogP contribution in [0.2, 0.25) is 0 Å². The highest BCUT2D eigenvalue weighted by atomic mass is 16.5. The number of aromatic nitrogens is 4. The van der Waals surface area contributed by atoms with Crippen molar-refractivity contribution in [3.63, 3.8) is 0 Å². The molecular formula is C7H7N5O2. The first-order valence-corrected chi connectivity index (χ1v) is 3.86. The molecule has 0 bridgehead atoms. The third-order valence-electron chi connectivity index (χ3n) is 1.52. The Labute approximate surface area is 78.5 Å². The van der Waals surface area contributed by atoms with E-state index >= 15 is 0 Å². The second kappa shape index (κ2) is 3.29. The summed E-state index contributed by atoms with van der Waals surface area (Å²) >= 11 is 0. The first-order valence-electron chi connectivity index (χ1n) is 3.86. The Balaban J connectivity index is 2.10. The quantitative estimate of drug-likeness (QED) is 0.717. The van der Waals surface area contributed by atoms with E-state index in [1.54, 1.807) is 6.92 Å². The number of H-pyrrole nitrogens is 1. The summed E-state index contributed by atoms with van der Waals surface area (Å²) < 4.78 is 4.75. The monoisotopic (exact) mass is 193 g/mol. The summed E-state index contributed by atoms with van der Waals surface area (Å²) in [5.41, 5.74) is 0.213. The van der Waals surface area contributed by atoms with E-state index in [0.29, 0.717) is 11.6 Å². The zero-order chi connectivity index (χ0) is 9.97. The molecule has 2 N–H and O–H groups in total. The van der Waals surface area contributed by atoms with Crippen LogP contribution in [0.5, 0.6) is 0 Å². The number of carbonyl (C=O) groups excluding carboxylic acids is 1. The molecule has 0 saturated carbocycles. The van der Waals surface area contributed by atoms with Crippen molar-refractivity contribution in [1.82, 2.24) is 20.6 Å². The predicted octanol–water partition coefficient (Wildman–Crippen LogP) is 0.353. The average molecular weight is 193 g/mol. The summed E-state index contributed by atoms with van der Waals surface area (Å²) in [4.78, 5) is 11.4. The van der Waals surface area contributed by atoms with Crippen molar-refractivity contribution in [2.75, 3.05) is 5.32 Å². The summed E-state index contributed by atoms with van der Waals surface area (Å²) in [5.74, 6) is 0.543. The van der Waals surface area contributed by atoms with E-state index in [4.69, 9.17) is 4.52 Å². The van der Waals surface area contributed by atoms with Crippen LogP contribution in [0.25, 0.3) is 0 Å². The van der Waals surface area contributed by atoms with E-state index in [-0.39, 0.29) is 11.6 Å². The lowest BCUT2D eigenvalue weighted by Crippen LogP contribution is -2.12. The van der Waals surface area contributed by atoms with E-state index in [1.165, 1.54) is 12.3 Å². The number of nitrogens with one attached hydrogen (secondary N) is 2. The molecule has 0 saturated heterocycles. The average Bonchev–Trinajstić information content (AvgIpc) is 2.75. The highest BCUT2D eigenvalue weighted by Gasteiger charge is 2.11. The van der Waals surface area contributed by atoms with Crippen molar-refractivity contribution >= 4 is 11.7 Å². The first-order chi connectivity index (χ1) is 6.75. The number of aromatic amines is 1. The number of carbonyl (C=O) groups is 1. The van der Waals surface area contributed by atoms with Gasteiger partial charge in [-0.15, -0.1) is 5.10 Å². The Morgan fingerprint density at radius 3 is 3.07 bits per heavy atom.